The van der Waals surface area contributed by atoms with Gasteiger partial charge in [0.1, 0.15) is 0 Å². The van der Waals surface area contributed by atoms with E-state index >= 15 is 0 Å². The predicted octanol–water partition coefficient (Wildman–Crippen LogP) is 0.324. The Labute approximate surface area is 89.0 Å². The Kier molecular flexibility index (Phi) is 4.45. The fourth-order valence-corrected chi connectivity index (χ4v) is 2.24. The maximum atomic E-state index is 13.8. The number of ether oxygens (including phenoxy) is 2. The highest BCUT2D eigenvalue weighted by atomic mass is 19.1. The van der Waals surface area contributed by atoms with Crippen LogP contribution < -0.4 is 0 Å². The SMILES string of the molecule is CCOC1(OCC)C(F)C(CO)C1CO. The molecule has 0 heterocycles. The van der Waals surface area contributed by atoms with Crippen molar-refractivity contribution in [3.8, 4) is 0 Å². The molecule has 1 fully saturated rings. The van der Waals surface area contributed by atoms with Gasteiger partial charge in [0.25, 0.3) is 0 Å². The molecule has 1 saturated carbocycles. The van der Waals surface area contributed by atoms with Gasteiger partial charge in [0, 0.05) is 31.7 Å². The van der Waals surface area contributed by atoms with Crippen LogP contribution >= 0.6 is 0 Å². The molecular weight excluding hydrogens is 203 g/mol. The Morgan fingerprint density at radius 1 is 1.13 bits per heavy atom. The standard InChI is InChI=1S/C10H19FO4/c1-3-14-10(15-4-2)8(6-13)7(5-12)9(10)11/h7-9,12-13H,3-6H2,1-2H3. The highest BCUT2D eigenvalue weighted by Crippen LogP contribution is 2.49. The summed E-state index contributed by atoms with van der Waals surface area (Å²) in [7, 11) is 0. The molecule has 0 spiro atoms. The van der Waals surface area contributed by atoms with Crippen LogP contribution in [-0.4, -0.2) is 48.6 Å². The Bertz CT molecular complexity index is 194. The van der Waals surface area contributed by atoms with Crippen molar-refractivity contribution < 1.29 is 24.1 Å². The Morgan fingerprint density at radius 3 is 2.00 bits per heavy atom. The van der Waals surface area contributed by atoms with E-state index in [0.29, 0.717) is 13.2 Å². The predicted molar refractivity (Wildman–Crippen MR) is 52.0 cm³/mol. The normalized spacial score (nSPS) is 33.8. The van der Waals surface area contributed by atoms with Crippen LogP contribution in [0.2, 0.25) is 0 Å². The van der Waals surface area contributed by atoms with Gasteiger partial charge in [0.05, 0.1) is 6.61 Å². The van der Waals surface area contributed by atoms with Crippen LogP contribution in [0.25, 0.3) is 0 Å². The number of aliphatic hydroxyl groups excluding tert-OH is 2. The lowest BCUT2D eigenvalue weighted by Crippen LogP contribution is -2.69. The zero-order valence-electron chi connectivity index (χ0n) is 9.15. The summed E-state index contributed by atoms with van der Waals surface area (Å²) in [5.41, 5.74) is 0. The zero-order valence-corrected chi connectivity index (χ0v) is 9.15. The molecule has 3 atom stereocenters. The third-order valence-corrected chi connectivity index (χ3v) is 2.94. The molecule has 0 radical (unpaired) electrons. The first-order chi connectivity index (χ1) is 7.17. The van der Waals surface area contributed by atoms with Crippen molar-refractivity contribution in [2.75, 3.05) is 26.4 Å². The number of alkyl halides is 1. The van der Waals surface area contributed by atoms with Gasteiger partial charge in [0.2, 0.25) is 5.79 Å². The van der Waals surface area contributed by atoms with E-state index in [1.807, 2.05) is 0 Å². The number of rotatable bonds is 6. The van der Waals surface area contributed by atoms with Gasteiger partial charge >= 0.3 is 0 Å². The highest BCUT2D eigenvalue weighted by molar-refractivity contribution is 5.05. The van der Waals surface area contributed by atoms with Gasteiger partial charge < -0.3 is 19.7 Å². The first-order valence-electron chi connectivity index (χ1n) is 5.31. The van der Waals surface area contributed by atoms with E-state index in [9.17, 15) is 4.39 Å². The molecule has 0 aliphatic heterocycles. The third kappa shape index (κ3) is 1.89. The van der Waals surface area contributed by atoms with Gasteiger partial charge in [-0.25, -0.2) is 4.39 Å². The molecule has 2 N–H and O–H groups in total. The first kappa shape index (κ1) is 12.8. The minimum absolute atomic E-state index is 0.244. The average Bonchev–Trinajstić information content (AvgIpc) is 2.24. The zero-order chi connectivity index (χ0) is 11.5. The van der Waals surface area contributed by atoms with Gasteiger partial charge in [-0.1, -0.05) is 0 Å². The van der Waals surface area contributed by atoms with E-state index in [-0.39, 0.29) is 13.2 Å². The first-order valence-corrected chi connectivity index (χ1v) is 5.31. The highest BCUT2D eigenvalue weighted by Gasteiger charge is 2.64. The monoisotopic (exact) mass is 222 g/mol. The van der Waals surface area contributed by atoms with Gasteiger partial charge in [0.15, 0.2) is 6.17 Å². The fourth-order valence-electron chi connectivity index (χ4n) is 2.24. The molecule has 15 heavy (non-hydrogen) atoms. The second kappa shape index (κ2) is 5.21. The Morgan fingerprint density at radius 2 is 1.67 bits per heavy atom. The van der Waals surface area contributed by atoms with Crippen LogP contribution in [0.15, 0.2) is 0 Å². The second-order valence-corrected chi connectivity index (χ2v) is 3.62. The Hall–Kier alpha value is -0.230. The smallest absolute Gasteiger partial charge is 0.205 e. The van der Waals surface area contributed by atoms with Crippen molar-refractivity contribution in [1.82, 2.24) is 0 Å². The van der Waals surface area contributed by atoms with Crippen LogP contribution in [0.1, 0.15) is 13.8 Å². The lowest BCUT2D eigenvalue weighted by atomic mass is 9.66. The van der Waals surface area contributed by atoms with E-state index < -0.39 is 23.8 Å². The van der Waals surface area contributed by atoms with Crippen LogP contribution in [0.4, 0.5) is 4.39 Å². The van der Waals surface area contributed by atoms with E-state index in [1.54, 1.807) is 13.8 Å². The molecule has 0 bridgehead atoms. The Balaban J connectivity index is 2.77. The van der Waals surface area contributed by atoms with Crippen molar-refractivity contribution in [3.63, 3.8) is 0 Å². The summed E-state index contributed by atoms with van der Waals surface area (Å²) < 4.78 is 24.4. The molecule has 4 nitrogen and oxygen atoms in total. The van der Waals surface area contributed by atoms with Crippen molar-refractivity contribution in [2.24, 2.45) is 11.8 Å². The molecule has 90 valence electrons. The molecule has 0 saturated heterocycles. The molecule has 1 aliphatic carbocycles. The van der Waals surface area contributed by atoms with Crippen LogP contribution in [0.3, 0.4) is 0 Å². The number of aliphatic hydroxyl groups is 2. The number of hydrogen-bond acceptors (Lipinski definition) is 4. The molecule has 3 unspecified atom stereocenters. The van der Waals surface area contributed by atoms with Crippen molar-refractivity contribution >= 4 is 0 Å². The fraction of sp³-hybridized carbons (Fsp3) is 1.00. The number of halogens is 1. The maximum absolute atomic E-state index is 13.8. The molecule has 0 aromatic rings. The van der Waals surface area contributed by atoms with Crippen LogP contribution in [0, 0.1) is 11.8 Å². The second-order valence-electron chi connectivity index (χ2n) is 3.62. The summed E-state index contributed by atoms with van der Waals surface area (Å²) in [5.74, 6) is -2.43. The molecule has 1 aliphatic rings. The van der Waals surface area contributed by atoms with Crippen molar-refractivity contribution in [2.45, 2.75) is 25.8 Å². The van der Waals surface area contributed by atoms with Gasteiger partial charge in [-0.3, -0.25) is 0 Å². The lowest BCUT2D eigenvalue weighted by molar-refractivity contribution is -0.372. The summed E-state index contributed by atoms with van der Waals surface area (Å²) in [6.45, 7) is 3.58. The quantitative estimate of drug-likeness (QED) is 0.636. The minimum Gasteiger partial charge on any atom is -0.396 e. The van der Waals surface area contributed by atoms with Gasteiger partial charge in [-0.2, -0.15) is 0 Å². The molecule has 1 rings (SSSR count). The molecular formula is C10H19FO4. The summed E-state index contributed by atoms with van der Waals surface area (Å²) in [4.78, 5) is 0. The van der Waals surface area contributed by atoms with Gasteiger partial charge in [-0.15, -0.1) is 0 Å². The largest absolute Gasteiger partial charge is 0.396 e. The summed E-state index contributed by atoms with van der Waals surface area (Å²) in [6, 6.07) is 0. The summed E-state index contributed by atoms with van der Waals surface area (Å²) >= 11 is 0. The van der Waals surface area contributed by atoms with Crippen LogP contribution in [0.5, 0.6) is 0 Å². The third-order valence-electron chi connectivity index (χ3n) is 2.94. The van der Waals surface area contributed by atoms with E-state index in [4.69, 9.17) is 19.7 Å². The molecule has 5 heteroatoms. The van der Waals surface area contributed by atoms with Crippen LogP contribution in [-0.2, 0) is 9.47 Å². The van der Waals surface area contributed by atoms with E-state index in [0.717, 1.165) is 0 Å². The van der Waals surface area contributed by atoms with E-state index in [2.05, 4.69) is 0 Å². The van der Waals surface area contributed by atoms with E-state index in [1.165, 1.54) is 0 Å². The number of hydrogen-bond donors (Lipinski definition) is 2. The lowest BCUT2D eigenvalue weighted by Gasteiger charge is -2.54. The topological polar surface area (TPSA) is 58.9 Å². The van der Waals surface area contributed by atoms with Crippen molar-refractivity contribution in [1.29, 1.82) is 0 Å². The van der Waals surface area contributed by atoms with Crippen molar-refractivity contribution in [3.05, 3.63) is 0 Å². The summed E-state index contributed by atoms with van der Waals surface area (Å²) in [5, 5.41) is 18.1. The molecule has 0 aromatic heterocycles. The molecule has 0 aromatic carbocycles. The summed E-state index contributed by atoms with van der Waals surface area (Å²) in [6.07, 6.45) is -1.38. The minimum atomic E-state index is -1.38. The maximum Gasteiger partial charge on any atom is 0.205 e. The average molecular weight is 222 g/mol. The van der Waals surface area contributed by atoms with Gasteiger partial charge in [-0.05, 0) is 13.8 Å². The molecule has 0 amide bonds.